The largest absolute Gasteiger partial charge is 0.345 e. The van der Waals surface area contributed by atoms with Crippen LogP contribution in [0, 0.1) is 5.92 Å². The molecule has 0 aliphatic carbocycles. The number of carbonyl (C=O) groups is 2. The number of amides is 2. The van der Waals surface area contributed by atoms with E-state index in [1.54, 1.807) is 0 Å². The van der Waals surface area contributed by atoms with E-state index in [2.05, 4.69) is 5.32 Å². The van der Waals surface area contributed by atoms with Crippen LogP contribution < -0.4 is 5.32 Å². The number of piperazine rings is 1. The van der Waals surface area contributed by atoms with Crippen molar-refractivity contribution in [3.8, 4) is 0 Å². The lowest BCUT2D eigenvalue weighted by Gasteiger charge is -2.37. The maximum Gasteiger partial charge on any atom is 0.243 e. The molecule has 0 aromatic carbocycles. The van der Waals surface area contributed by atoms with Crippen LogP contribution in [0.2, 0.25) is 0 Å². The molecular weight excluding hydrogens is 244 g/mol. The molecule has 1 fully saturated rings. The van der Waals surface area contributed by atoms with Crippen molar-refractivity contribution in [2.45, 2.75) is 19.9 Å². The molecule has 0 bridgehead atoms. The molecule has 2 amide bonds. The number of hydrogen-bond donors (Lipinski definition) is 1. The van der Waals surface area contributed by atoms with E-state index >= 15 is 0 Å². The smallest absolute Gasteiger partial charge is 0.243 e. The van der Waals surface area contributed by atoms with Crippen molar-refractivity contribution in [2.75, 3.05) is 25.1 Å². The van der Waals surface area contributed by atoms with E-state index in [0.29, 0.717) is 0 Å². The molecule has 0 aromatic rings. The summed E-state index contributed by atoms with van der Waals surface area (Å²) in [6.45, 7) is 3.69. The van der Waals surface area contributed by atoms with Crippen LogP contribution in [0.4, 0.5) is 0 Å². The first-order valence-corrected chi connectivity index (χ1v) is 7.53. The van der Waals surface area contributed by atoms with E-state index in [1.807, 2.05) is 13.8 Å². The van der Waals surface area contributed by atoms with Crippen molar-refractivity contribution in [3.63, 3.8) is 0 Å². The Kier molecular flexibility index (Phi) is 4.13. The quantitative estimate of drug-likeness (QED) is 0.705. The molecule has 0 aromatic heterocycles. The van der Waals surface area contributed by atoms with Crippen molar-refractivity contribution < 1.29 is 18.0 Å². The van der Waals surface area contributed by atoms with Crippen molar-refractivity contribution >= 4 is 21.7 Å². The lowest BCUT2D eigenvalue weighted by molar-refractivity contribution is -0.147. The van der Waals surface area contributed by atoms with Crippen LogP contribution in [0.3, 0.4) is 0 Å². The van der Waals surface area contributed by atoms with Crippen LogP contribution in [0.1, 0.15) is 13.8 Å². The van der Waals surface area contributed by atoms with Gasteiger partial charge < -0.3 is 10.2 Å². The molecule has 1 saturated heterocycles. The summed E-state index contributed by atoms with van der Waals surface area (Å²) in [5.74, 6) is -0.603. The predicted octanol–water partition coefficient (Wildman–Crippen LogP) is -0.986. The molecule has 1 rings (SSSR count). The first-order valence-electron chi connectivity index (χ1n) is 5.47. The topological polar surface area (TPSA) is 83.6 Å². The van der Waals surface area contributed by atoms with Gasteiger partial charge in [-0.1, -0.05) is 13.8 Å². The Hall–Kier alpha value is -1.11. The first kappa shape index (κ1) is 14.0. The van der Waals surface area contributed by atoms with Gasteiger partial charge in [-0.25, -0.2) is 8.42 Å². The highest BCUT2D eigenvalue weighted by molar-refractivity contribution is 7.90. The number of rotatable bonds is 4. The Balaban J connectivity index is 2.82. The zero-order valence-electron chi connectivity index (χ0n) is 10.3. The molecule has 1 heterocycles. The molecule has 1 aliphatic rings. The van der Waals surface area contributed by atoms with Gasteiger partial charge in [0.15, 0.2) is 0 Å². The molecule has 1 aliphatic heterocycles. The van der Waals surface area contributed by atoms with Gasteiger partial charge in [-0.2, -0.15) is 0 Å². The van der Waals surface area contributed by atoms with Crippen LogP contribution in [0.5, 0.6) is 0 Å². The Morgan fingerprint density at radius 3 is 2.47 bits per heavy atom. The minimum atomic E-state index is -3.14. The SMILES string of the molecule is CC(C)C1C(=O)NCC(=O)N1CCS(C)(=O)=O. The summed E-state index contributed by atoms with van der Waals surface area (Å²) in [6, 6.07) is -0.571. The van der Waals surface area contributed by atoms with Crippen LogP contribution in [-0.2, 0) is 19.4 Å². The Bertz CT molecular complexity index is 416. The minimum Gasteiger partial charge on any atom is -0.345 e. The standard InChI is InChI=1S/C10H18N2O4S/c1-7(2)9-10(14)11-6-8(13)12(9)4-5-17(3,15)16/h7,9H,4-6H2,1-3H3,(H,11,14). The fraction of sp³-hybridized carbons (Fsp3) is 0.800. The fourth-order valence-electron chi connectivity index (χ4n) is 1.86. The highest BCUT2D eigenvalue weighted by Gasteiger charge is 2.36. The van der Waals surface area contributed by atoms with E-state index in [1.165, 1.54) is 4.90 Å². The van der Waals surface area contributed by atoms with E-state index in [4.69, 9.17) is 0 Å². The first-order chi connectivity index (χ1) is 7.72. The van der Waals surface area contributed by atoms with Crippen LogP contribution in [0.25, 0.3) is 0 Å². The number of nitrogens with one attached hydrogen (secondary N) is 1. The molecule has 1 atom stereocenters. The van der Waals surface area contributed by atoms with Gasteiger partial charge in [0, 0.05) is 12.8 Å². The molecule has 1 N–H and O–H groups in total. The number of hydrogen-bond acceptors (Lipinski definition) is 4. The lowest BCUT2D eigenvalue weighted by atomic mass is 9.99. The van der Waals surface area contributed by atoms with Crippen molar-refractivity contribution in [3.05, 3.63) is 0 Å². The third-order valence-corrected chi connectivity index (χ3v) is 3.60. The van der Waals surface area contributed by atoms with E-state index in [9.17, 15) is 18.0 Å². The van der Waals surface area contributed by atoms with E-state index < -0.39 is 15.9 Å². The molecule has 98 valence electrons. The van der Waals surface area contributed by atoms with Crippen molar-refractivity contribution in [1.29, 1.82) is 0 Å². The summed E-state index contributed by atoms with van der Waals surface area (Å²) in [4.78, 5) is 24.7. The second kappa shape index (κ2) is 5.03. The van der Waals surface area contributed by atoms with Gasteiger partial charge in [0.1, 0.15) is 15.9 Å². The summed E-state index contributed by atoms with van der Waals surface area (Å²) in [6.07, 6.45) is 1.12. The van der Waals surface area contributed by atoms with Gasteiger partial charge >= 0.3 is 0 Å². The monoisotopic (exact) mass is 262 g/mol. The van der Waals surface area contributed by atoms with Gasteiger partial charge in [0.05, 0.1) is 12.3 Å². The zero-order valence-corrected chi connectivity index (χ0v) is 11.1. The molecule has 0 spiro atoms. The van der Waals surface area contributed by atoms with Crippen molar-refractivity contribution in [2.24, 2.45) is 5.92 Å². The molecule has 0 saturated carbocycles. The maximum absolute atomic E-state index is 11.7. The van der Waals surface area contributed by atoms with Gasteiger partial charge in [-0.15, -0.1) is 0 Å². The summed E-state index contributed by atoms with van der Waals surface area (Å²) in [5, 5.41) is 2.51. The van der Waals surface area contributed by atoms with Crippen LogP contribution in [0.15, 0.2) is 0 Å². The highest BCUT2D eigenvalue weighted by atomic mass is 32.2. The normalized spacial score (nSPS) is 21.9. The average molecular weight is 262 g/mol. The molecule has 7 heteroatoms. The second-order valence-corrected chi connectivity index (χ2v) is 6.88. The lowest BCUT2D eigenvalue weighted by Crippen LogP contribution is -2.61. The Labute approximate surface area is 101 Å². The van der Waals surface area contributed by atoms with Crippen LogP contribution >= 0.6 is 0 Å². The summed E-state index contributed by atoms with van der Waals surface area (Å²) >= 11 is 0. The zero-order chi connectivity index (χ0) is 13.2. The molecule has 6 nitrogen and oxygen atoms in total. The third kappa shape index (κ3) is 3.69. The third-order valence-electron chi connectivity index (χ3n) is 2.67. The summed E-state index contributed by atoms with van der Waals surface area (Å²) in [7, 11) is -3.14. The predicted molar refractivity (Wildman–Crippen MR) is 63.1 cm³/mol. The fourth-order valence-corrected chi connectivity index (χ4v) is 2.38. The van der Waals surface area contributed by atoms with Crippen molar-refractivity contribution in [1.82, 2.24) is 10.2 Å². The van der Waals surface area contributed by atoms with Gasteiger partial charge in [0.2, 0.25) is 11.8 Å². The minimum absolute atomic E-state index is 0.0428. The van der Waals surface area contributed by atoms with E-state index in [0.717, 1.165) is 6.26 Å². The summed E-state index contributed by atoms with van der Waals surface area (Å²) in [5.41, 5.74) is 0. The maximum atomic E-state index is 11.7. The Morgan fingerprint density at radius 2 is 2.00 bits per heavy atom. The number of nitrogens with zero attached hydrogens (tertiary/aromatic N) is 1. The van der Waals surface area contributed by atoms with E-state index in [-0.39, 0.29) is 36.6 Å². The highest BCUT2D eigenvalue weighted by Crippen LogP contribution is 2.14. The van der Waals surface area contributed by atoms with Gasteiger partial charge in [-0.3, -0.25) is 9.59 Å². The molecule has 1 unspecified atom stereocenters. The molecule has 17 heavy (non-hydrogen) atoms. The number of carbonyl (C=O) groups excluding carboxylic acids is 2. The Morgan fingerprint density at radius 1 is 1.41 bits per heavy atom. The molecule has 0 radical (unpaired) electrons. The van der Waals surface area contributed by atoms with Gasteiger partial charge in [-0.05, 0) is 5.92 Å². The average Bonchev–Trinajstić information content (AvgIpc) is 2.17. The second-order valence-electron chi connectivity index (χ2n) is 4.62. The van der Waals surface area contributed by atoms with Gasteiger partial charge in [0.25, 0.3) is 0 Å². The molecular formula is C10H18N2O4S. The summed E-state index contributed by atoms with van der Waals surface area (Å²) < 4.78 is 22.2. The van der Waals surface area contributed by atoms with Crippen LogP contribution in [-0.4, -0.2) is 56.3 Å². The number of sulfone groups is 1.